The average Bonchev–Trinajstić information content (AvgIpc) is 2.97. The van der Waals surface area contributed by atoms with E-state index in [-0.39, 0.29) is 18.6 Å². The Morgan fingerprint density at radius 2 is 2.04 bits per heavy atom. The second kappa shape index (κ2) is 6.56. The van der Waals surface area contributed by atoms with E-state index in [9.17, 15) is 5.11 Å². The Bertz CT molecular complexity index is 815. The Morgan fingerprint density at radius 1 is 1.26 bits per heavy atom. The third-order valence-corrected chi connectivity index (χ3v) is 4.24. The number of rotatable bonds is 5. The van der Waals surface area contributed by atoms with Crippen molar-refractivity contribution < 1.29 is 5.11 Å². The topological polar surface area (TPSA) is 73.8 Å². The fourth-order valence-electron chi connectivity index (χ4n) is 2.48. The highest BCUT2D eigenvalue weighted by Crippen LogP contribution is 2.31. The van der Waals surface area contributed by atoms with Gasteiger partial charge in [0, 0.05) is 16.3 Å². The summed E-state index contributed by atoms with van der Waals surface area (Å²) in [6, 6.07) is 9.57. The quantitative estimate of drug-likeness (QED) is 0.666. The first kappa shape index (κ1) is 15.8. The number of hydrogen-bond acceptors (Lipinski definition) is 4. The van der Waals surface area contributed by atoms with Crippen LogP contribution in [0.5, 0.6) is 0 Å². The standard InChI is InChI=1S/C17H19ClN4O/c1-10(2)15(8-23)22-17-12-7-14(21-16(12)19-9-20-17)11-5-3-4-6-13(11)18/h3-7,9-10,15,23H,8H2,1-2H3,(H2,19,20,21,22). The van der Waals surface area contributed by atoms with Gasteiger partial charge in [0.2, 0.25) is 0 Å². The maximum atomic E-state index is 9.52. The maximum Gasteiger partial charge on any atom is 0.143 e. The lowest BCUT2D eigenvalue weighted by atomic mass is 10.1. The van der Waals surface area contributed by atoms with Gasteiger partial charge in [-0.05, 0) is 18.1 Å². The number of benzene rings is 1. The van der Waals surface area contributed by atoms with Gasteiger partial charge >= 0.3 is 0 Å². The number of halogens is 1. The smallest absolute Gasteiger partial charge is 0.143 e. The Balaban J connectivity index is 2.03. The molecule has 0 saturated carbocycles. The zero-order chi connectivity index (χ0) is 16.4. The Hall–Kier alpha value is -2.11. The molecule has 3 rings (SSSR count). The van der Waals surface area contributed by atoms with Crippen molar-refractivity contribution in [2.75, 3.05) is 11.9 Å². The second-order valence-electron chi connectivity index (χ2n) is 5.82. The van der Waals surface area contributed by atoms with E-state index in [0.29, 0.717) is 10.8 Å². The number of nitrogens with zero attached hydrogens (tertiary/aromatic N) is 2. The van der Waals surface area contributed by atoms with Crippen molar-refractivity contribution in [3.05, 3.63) is 41.7 Å². The van der Waals surface area contributed by atoms with E-state index in [2.05, 4.69) is 34.1 Å². The molecule has 0 spiro atoms. The molecule has 0 bridgehead atoms. The number of hydrogen-bond donors (Lipinski definition) is 3. The molecule has 0 radical (unpaired) electrons. The third-order valence-electron chi connectivity index (χ3n) is 3.91. The summed E-state index contributed by atoms with van der Waals surface area (Å²) in [6.45, 7) is 4.15. The predicted molar refractivity (Wildman–Crippen MR) is 93.7 cm³/mol. The van der Waals surface area contributed by atoms with Crippen LogP contribution in [0.15, 0.2) is 36.7 Å². The molecule has 1 aromatic carbocycles. The van der Waals surface area contributed by atoms with Gasteiger partial charge < -0.3 is 15.4 Å². The first-order valence-corrected chi connectivity index (χ1v) is 7.94. The van der Waals surface area contributed by atoms with Crippen LogP contribution < -0.4 is 5.32 Å². The molecule has 2 heterocycles. The molecule has 23 heavy (non-hydrogen) atoms. The fourth-order valence-corrected chi connectivity index (χ4v) is 2.72. The largest absolute Gasteiger partial charge is 0.394 e. The van der Waals surface area contributed by atoms with E-state index in [1.165, 1.54) is 6.33 Å². The van der Waals surface area contributed by atoms with E-state index in [0.717, 1.165) is 22.3 Å². The van der Waals surface area contributed by atoms with E-state index in [1.807, 2.05) is 30.3 Å². The van der Waals surface area contributed by atoms with Gasteiger partial charge in [-0.3, -0.25) is 0 Å². The van der Waals surface area contributed by atoms with Crippen molar-refractivity contribution in [3.8, 4) is 11.3 Å². The van der Waals surface area contributed by atoms with Gasteiger partial charge in [0.05, 0.1) is 18.0 Å². The predicted octanol–water partition coefficient (Wildman–Crippen LogP) is 3.71. The summed E-state index contributed by atoms with van der Waals surface area (Å²) < 4.78 is 0. The van der Waals surface area contributed by atoms with Crippen LogP contribution in [0.4, 0.5) is 5.82 Å². The summed E-state index contributed by atoms with van der Waals surface area (Å²) in [4.78, 5) is 11.9. The van der Waals surface area contributed by atoms with Crippen molar-refractivity contribution in [2.45, 2.75) is 19.9 Å². The average molecular weight is 331 g/mol. The number of H-pyrrole nitrogens is 1. The van der Waals surface area contributed by atoms with Gasteiger partial charge in [-0.25, -0.2) is 9.97 Å². The molecule has 0 aliphatic carbocycles. The van der Waals surface area contributed by atoms with E-state index < -0.39 is 0 Å². The minimum absolute atomic E-state index is 0.0466. The molecule has 0 aliphatic heterocycles. The minimum atomic E-state index is -0.0632. The summed E-state index contributed by atoms with van der Waals surface area (Å²) in [5, 5.41) is 14.4. The summed E-state index contributed by atoms with van der Waals surface area (Å²) in [5.74, 6) is 0.990. The Labute approximate surface area is 139 Å². The van der Waals surface area contributed by atoms with Crippen molar-refractivity contribution in [3.63, 3.8) is 0 Å². The first-order chi connectivity index (χ1) is 11.1. The van der Waals surface area contributed by atoms with Crippen LogP contribution in [0.25, 0.3) is 22.3 Å². The van der Waals surface area contributed by atoms with Crippen LogP contribution in [-0.2, 0) is 0 Å². The zero-order valence-corrected chi connectivity index (χ0v) is 13.8. The lowest BCUT2D eigenvalue weighted by Crippen LogP contribution is -2.29. The van der Waals surface area contributed by atoms with Crippen LogP contribution in [0.1, 0.15) is 13.8 Å². The van der Waals surface area contributed by atoms with Gasteiger partial charge in [0.15, 0.2) is 0 Å². The second-order valence-corrected chi connectivity index (χ2v) is 6.23. The third kappa shape index (κ3) is 3.16. The molecule has 6 heteroatoms. The number of aliphatic hydroxyl groups is 1. The lowest BCUT2D eigenvalue weighted by molar-refractivity contribution is 0.249. The van der Waals surface area contributed by atoms with Crippen LogP contribution >= 0.6 is 11.6 Å². The van der Waals surface area contributed by atoms with Gasteiger partial charge in [-0.15, -0.1) is 0 Å². The van der Waals surface area contributed by atoms with Crippen LogP contribution in [0, 0.1) is 5.92 Å². The summed E-state index contributed by atoms with van der Waals surface area (Å²) in [7, 11) is 0. The van der Waals surface area contributed by atoms with Crippen molar-refractivity contribution in [1.29, 1.82) is 0 Å². The highest BCUT2D eigenvalue weighted by molar-refractivity contribution is 6.33. The van der Waals surface area contributed by atoms with Gasteiger partial charge in [-0.1, -0.05) is 43.6 Å². The molecule has 2 aromatic heterocycles. The molecule has 0 amide bonds. The van der Waals surface area contributed by atoms with Crippen LogP contribution in [-0.4, -0.2) is 32.7 Å². The van der Waals surface area contributed by atoms with Crippen LogP contribution in [0.2, 0.25) is 5.02 Å². The molecule has 1 unspecified atom stereocenters. The number of fused-ring (bicyclic) bond motifs is 1. The molecule has 0 fully saturated rings. The van der Waals surface area contributed by atoms with E-state index in [4.69, 9.17) is 11.6 Å². The summed E-state index contributed by atoms with van der Waals surface area (Å²) in [5.41, 5.74) is 2.54. The Kier molecular flexibility index (Phi) is 4.50. The molecule has 3 N–H and O–H groups in total. The molecule has 5 nitrogen and oxygen atoms in total. The number of anilines is 1. The van der Waals surface area contributed by atoms with Crippen molar-refractivity contribution in [1.82, 2.24) is 15.0 Å². The number of aromatic amines is 1. The van der Waals surface area contributed by atoms with E-state index in [1.54, 1.807) is 0 Å². The molecule has 120 valence electrons. The van der Waals surface area contributed by atoms with Gasteiger partial charge in [0.25, 0.3) is 0 Å². The molecule has 1 atom stereocenters. The first-order valence-electron chi connectivity index (χ1n) is 7.56. The molecular formula is C17H19ClN4O. The SMILES string of the molecule is CC(C)C(CO)Nc1ncnc2[nH]c(-c3ccccc3Cl)cc12. The van der Waals surface area contributed by atoms with Gasteiger partial charge in [-0.2, -0.15) is 0 Å². The number of aromatic nitrogens is 3. The fraction of sp³-hybridized carbons (Fsp3) is 0.294. The zero-order valence-electron chi connectivity index (χ0n) is 13.0. The monoisotopic (exact) mass is 330 g/mol. The van der Waals surface area contributed by atoms with Crippen molar-refractivity contribution in [2.24, 2.45) is 5.92 Å². The normalized spacial score (nSPS) is 12.7. The minimum Gasteiger partial charge on any atom is -0.394 e. The molecule has 3 aromatic rings. The summed E-state index contributed by atoms with van der Waals surface area (Å²) >= 11 is 6.27. The van der Waals surface area contributed by atoms with Crippen LogP contribution in [0.3, 0.4) is 0 Å². The van der Waals surface area contributed by atoms with Gasteiger partial charge in [0.1, 0.15) is 17.8 Å². The highest BCUT2D eigenvalue weighted by Gasteiger charge is 2.16. The maximum absolute atomic E-state index is 9.52. The van der Waals surface area contributed by atoms with Crippen molar-refractivity contribution >= 4 is 28.5 Å². The number of nitrogens with one attached hydrogen (secondary N) is 2. The molecule has 0 saturated heterocycles. The van der Waals surface area contributed by atoms with E-state index >= 15 is 0 Å². The summed E-state index contributed by atoms with van der Waals surface area (Å²) in [6.07, 6.45) is 1.51. The Morgan fingerprint density at radius 3 is 2.74 bits per heavy atom. The number of aliphatic hydroxyl groups excluding tert-OH is 1. The lowest BCUT2D eigenvalue weighted by Gasteiger charge is -2.20. The molecule has 0 aliphatic rings. The molecular weight excluding hydrogens is 312 g/mol. The highest BCUT2D eigenvalue weighted by atomic mass is 35.5.